The Morgan fingerprint density at radius 2 is 1.91 bits per heavy atom. The van der Waals surface area contributed by atoms with Crippen molar-refractivity contribution in [2.45, 2.75) is 26.8 Å². The molecule has 0 unspecified atom stereocenters. The Morgan fingerprint density at radius 3 is 2.52 bits per heavy atom. The van der Waals surface area contributed by atoms with E-state index in [1.165, 1.54) is 0 Å². The zero-order valence-electron chi connectivity index (χ0n) is 13.6. The van der Waals surface area contributed by atoms with Crippen molar-refractivity contribution in [1.29, 1.82) is 0 Å². The van der Waals surface area contributed by atoms with E-state index >= 15 is 0 Å². The first-order valence-corrected chi connectivity index (χ1v) is 7.71. The number of benzene rings is 1. The van der Waals surface area contributed by atoms with E-state index in [0.717, 1.165) is 46.6 Å². The van der Waals surface area contributed by atoms with Crippen molar-refractivity contribution in [2.75, 3.05) is 13.6 Å². The number of hydrogen-bond acceptors (Lipinski definition) is 2. The third kappa shape index (κ3) is 6.06. The van der Waals surface area contributed by atoms with Crippen LogP contribution in [0.3, 0.4) is 0 Å². The quantitative estimate of drug-likeness (QED) is 0.413. The molecule has 1 aromatic heterocycles. The summed E-state index contributed by atoms with van der Waals surface area (Å²) in [7, 11) is 1.76. The summed E-state index contributed by atoms with van der Waals surface area (Å²) in [5, 5.41) is 7.38. The van der Waals surface area contributed by atoms with Crippen LogP contribution in [0.25, 0.3) is 0 Å². The maximum Gasteiger partial charge on any atom is 0.191 e. The summed E-state index contributed by atoms with van der Waals surface area (Å²) in [6.45, 7) is 5.38. The molecule has 2 aromatic rings. The van der Waals surface area contributed by atoms with Crippen LogP contribution in [-0.4, -0.2) is 19.6 Å². The highest BCUT2D eigenvalue weighted by atomic mass is 127. The molecule has 0 amide bonds. The third-order valence-electron chi connectivity index (χ3n) is 3.46. The summed E-state index contributed by atoms with van der Waals surface area (Å²) in [6.07, 6.45) is 0.851. The lowest BCUT2D eigenvalue weighted by Crippen LogP contribution is -2.37. The van der Waals surface area contributed by atoms with Gasteiger partial charge in [-0.05, 0) is 38.0 Å². The van der Waals surface area contributed by atoms with E-state index in [1.807, 2.05) is 44.2 Å². The van der Waals surface area contributed by atoms with Crippen LogP contribution in [0.15, 0.2) is 39.7 Å². The number of rotatable bonds is 5. The van der Waals surface area contributed by atoms with Gasteiger partial charge in [0, 0.05) is 30.7 Å². The fourth-order valence-electron chi connectivity index (χ4n) is 2.28. The molecule has 0 aliphatic carbocycles. The van der Waals surface area contributed by atoms with E-state index < -0.39 is 0 Å². The molecule has 0 bridgehead atoms. The molecule has 1 aromatic carbocycles. The number of nitrogens with one attached hydrogen (secondary N) is 2. The lowest BCUT2D eigenvalue weighted by molar-refractivity contribution is 0.500. The van der Waals surface area contributed by atoms with Crippen molar-refractivity contribution >= 4 is 41.5 Å². The second kappa shape index (κ2) is 9.82. The maximum atomic E-state index is 6.15. The van der Waals surface area contributed by atoms with Crippen LogP contribution >= 0.6 is 35.6 Å². The number of aryl methyl sites for hydroxylation is 2. The van der Waals surface area contributed by atoms with Gasteiger partial charge in [0.15, 0.2) is 5.96 Å². The molecule has 0 spiro atoms. The average molecular weight is 448 g/mol. The van der Waals surface area contributed by atoms with Crippen molar-refractivity contribution in [3.8, 4) is 0 Å². The third-order valence-corrected chi connectivity index (χ3v) is 3.83. The van der Waals surface area contributed by atoms with Crippen LogP contribution < -0.4 is 10.6 Å². The van der Waals surface area contributed by atoms with Crippen LogP contribution in [0, 0.1) is 13.8 Å². The molecule has 4 nitrogen and oxygen atoms in total. The molecule has 126 valence electrons. The normalized spacial score (nSPS) is 11.0. The number of aliphatic imine (C=N–C) groups is 1. The first-order valence-electron chi connectivity index (χ1n) is 7.34. The number of halogens is 2. The Labute approximate surface area is 159 Å². The fourth-order valence-corrected chi connectivity index (χ4v) is 2.51. The fraction of sp³-hybridized carbons (Fsp3) is 0.353. The predicted octanol–water partition coefficient (Wildman–Crippen LogP) is 4.08. The largest absolute Gasteiger partial charge is 0.466 e. The van der Waals surface area contributed by atoms with Gasteiger partial charge in [-0.1, -0.05) is 29.8 Å². The monoisotopic (exact) mass is 447 g/mol. The minimum absolute atomic E-state index is 0. The number of nitrogens with zero attached hydrogens (tertiary/aromatic N) is 1. The highest BCUT2D eigenvalue weighted by molar-refractivity contribution is 14.0. The van der Waals surface area contributed by atoms with E-state index in [1.54, 1.807) is 7.05 Å². The lowest BCUT2D eigenvalue weighted by atomic mass is 10.1. The molecule has 6 heteroatoms. The van der Waals surface area contributed by atoms with E-state index in [0.29, 0.717) is 6.54 Å². The Bertz CT molecular complexity index is 655. The molecule has 1 heterocycles. The van der Waals surface area contributed by atoms with Gasteiger partial charge in [0.2, 0.25) is 0 Å². The molecule has 0 saturated heterocycles. The van der Waals surface area contributed by atoms with E-state index in [9.17, 15) is 0 Å². The van der Waals surface area contributed by atoms with Gasteiger partial charge in [0.1, 0.15) is 11.5 Å². The molecule has 0 saturated carbocycles. The van der Waals surface area contributed by atoms with Crippen molar-refractivity contribution < 1.29 is 4.42 Å². The first-order chi connectivity index (χ1) is 10.6. The van der Waals surface area contributed by atoms with Gasteiger partial charge < -0.3 is 15.1 Å². The van der Waals surface area contributed by atoms with Crippen molar-refractivity contribution in [3.05, 3.63) is 58.0 Å². The van der Waals surface area contributed by atoms with Gasteiger partial charge in [0.25, 0.3) is 0 Å². The van der Waals surface area contributed by atoms with Crippen LogP contribution in [0.2, 0.25) is 5.02 Å². The van der Waals surface area contributed by atoms with E-state index in [2.05, 4.69) is 15.6 Å². The van der Waals surface area contributed by atoms with Gasteiger partial charge in [-0.25, -0.2) is 0 Å². The van der Waals surface area contributed by atoms with Gasteiger partial charge in [0.05, 0.1) is 0 Å². The Balaban J connectivity index is 0.00000264. The molecule has 23 heavy (non-hydrogen) atoms. The van der Waals surface area contributed by atoms with Crippen LogP contribution in [-0.2, 0) is 13.0 Å². The highest BCUT2D eigenvalue weighted by Crippen LogP contribution is 2.15. The summed E-state index contributed by atoms with van der Waals surface area (Å²) >= 11 is 6.15. The maximum absolute atomic E-state index is 6.15. The molecule has 0 radical (unpaired) electrons. The molecule has 0 aliphatic heterocycles. The molecule has 0 aliphatic rings. The molecule has 2 rings (SSSR count). The topological polar surface area (TPSA) is 49.6 Å². The minimum Gasteiger partial charge on any atom is -0.466 e. The SMILES string of the molecule is CN=C(NCCc1ccccc1Cl)NCc1cc(C)oc1C.I. The molecular weight excluding hydrogens is 425 g/mol. The average Bonchev–Trinajstić information content (AvgIpc) is 2.82. The van der Waals surface area contributed by atoms with Crippen molar-refractivity contribution in [1.82, 2.24) is 10.6 Å². The van der Waals surface area contributed by atoms with Gasteiger partial charge in [-0.3, -0.25) is 4.99 Å². The molecule has 2 N–H and O–H groups in total. The second-order valence-corrected chi connectivity index (χ2v) is 5.54. The molecule has 0 atom stereocenters. The van der Waals surface area contributed by atoms with Gasteiger partial charge in [-0.2, -0.15) is 0 Å². The summed E-state index contributed by atoms with van der Waals surface area (Å²) in [6, 6.07) is 9.93. The van der Waals surface area contributed by atoms with E-state index in [-0.39, 0.29) is 24.0 Å². The van der Waals surface area contributed by atoms with Gasteiger partial charge >= 0.3 is 0 Å². The Hall–Kier alpha value is -1.21. The first kappa shape index (κ1) is 19.8. The van der Waals surface area contributed by atoms with Crippen LogP contribution in [0.1, 0.15) is 22.6 Å². The number of hydrogen-bond donors (Lipinski definition) is 2. The smallest absolute Gasteiger partial charge is 0.191 e. The van der Waals surface area contributed by atoms with Crippen LogP contribution in [0.4, 0.5) is 0 Å². The van der Waals surface area contributed by atoms with Crippen LogP contribution in [0.5, 0.6) is 0 Å². The Morgan fingerprint density at radius 1 is 1.17 bits per heavy atom. The van der Waals surface area contributed by atoms with Crippen molar-refractivity contribution in [3.63, 3.8) is 0 Å². The summed E-state index contributed by atoms with van der Waals surface area (Å²) < 4.78 is 5.52. The van der Waals surface area contributed by atoms with E-state index in [4.69, 9.17) is 16.0 Å². The predicted molar refractivity (Wildman–Crippen MR) is 107 cm³/mol. The molecular formula is C17H23ClIN3O. The molecule has 0 fully saturated rings. The standard InChI is InChI=1S/C17H22ClN3O.HI/c1-12-10-15(13(2)22-12)11-21-17(19-3)20-9-8-14-6-4-5-7-16(14)18;/h4-7,10H,8-9,11H2,1-3H3,(H2,19,20,21);1H. The number of guanidine groups is 1. The zero-order chi connectivity index (χ0) is 15.9. The minimum atomic E-state index is 0. The summed E-state index contributed by atoms with van der Waals surface area (Å²) in [5.74, 6) is 2.64. The second-order valence-electron chi connectivity index (χ2n) is 5.13. The Kier molecular flexibility index (Phi) is 8.47. The van der Waals surface area contributed by atoms with Crippen molar-refractivity contribution in [2.24, 2.45) is 4.99 Å². The summed E-state index contributed by atoms with van der Waals surface area (Å²) in [5.41, 5.74) is 2.28. The van der Waals surface area contributed by atoms with Gasteiger partial charge in [-0.15, -0.1) is 24.0 Å². The summed E-state index contributed by atoms with van der Waals surface area (Å²) in [4.78, 5) is 4.22. The lowest BCUT2D eigenvalue weighted by Gasteiger charge is -2.12. The zero-order valence-corrected chi connectivity index (χ0v) is 16.7. The number of furan rings is 1. The highest BCUT2D eigenvalue weighted by Gasteiger charge is 2.06.